The molecular formula is C21H18N4O6. The van der Waals surface area contributed by atoms with E-state index in [1.807, 2.05) is 0 Å². The quantitative estimate of drug-likeness (QED) is 0.351. The molecular weight excluding hydrogens is 404 g/mol. The Morgan fingerprint density at radius 3 is 2.35 bits per heavy atom. The van der Waals surface area contributed by atoms with Crippen molar-refractivity contribution in [2.24, 2.45) is 0 Å². The summed E-state index contributed by atoms with van der Waals surface area (Å²) in [6.45, 7) is 1.64. The number of amides is 1. The monoisotopic (exact) mass is 422 g/mol. The molecule has 3 aromatic rings. The maximum Gasteiger partial charge on any atom is 0.338 e. The van der Waals surface area contributed by atoms with Gasteiger partial charge in [-0.25, -0.2) is 9.48 Å². The van der Waals surface area contributed by atoms with Crippen molar-refractivity contribution in [3.05, 3.63) is 86.7 Å². The Kier molecular flexibility index (Phi) is 6.51. The predicted octanol–water partition coefficient (Wildman–Crippen LogP) is 2.63. The fraction of sp³-hybridized carbons (Fsp3) is 0.143. The van der Waals surface area contributed by atoms with E-state index in [1.165, 1.54) is 48.5 Å². The van der Waals surface area contributed by atoms with Crippen molar-refractivity contribution in [3.8, 4) is 11.3 Å². The molecule has 0 unspecified atom stereocenters. The Morgan fingerprint density at radius 1 is 1.06 bits per heavy atom. The lowest BCUT2D eigenvalue weighted by Crippen LogP contribution is -2.29. The fourth-order valence-corrected chi connectivity index (χ4v) is 2.71. The number of carbonyl (C=O) groups excluding carboxylic acids is 2. The molecule has 0 atom stereocenters. The normalized spacial score (nSPS) is 10.4. The second kappa shape index (κ2) is 9.44. The van der Waals surface area contributed by atoms with Crippen molar-refractivity contribution in [2.75, 3.05) is 11.9 Å². The number of nitrogens with one attached hydrogen (secondary N) is 1. The molecule has 10 heteroatoms. The van der Waals surface area contributed by atoms with Crippen LogP contribution in [0, 0.1) is 10.1 Å². The minimum atomic E-state index is -0.512. The summed E-state index contributed by atoms with van der Waals surface area (Å²) in [4.78, 5) is 46.4. The van der Waals surface area contributed by atoms with Crippen molar-refractivity contribution in [1.29, 1.82) is 0 Å². The van der Waals surface area contributed by atoms with Crippen LogP contribution in [-0.4, -0.2) is 33.2 Å². The second-order valence-electron chi connectivity index (χ2n) is 6.36. The summed E-state index contributed by atoms with van der Waals surface area (Å²) in [6.07, 6.45) is 0. The molecule has 0 saturated heterocycles. The molecule has 0 spiro atoms. The summed E-state index contributed by atoms with van der Waals surface area (Å²) in [5.74, 6) is -0.946. The van der Waals surface area contributed by atoms with Crippen LogP contribution >= 0.6 is 0 Å². The first kappa shape index (κ1) is 21.4. The largest absolute Gasteiger partial charge is 0.462 e. The Balaban J connectivity index is 1.71. The summed E-state index contributed by atoms with van der Waals surface area (Å²) in [7, 11) is 0. The lowest BCUT2D eigenvalue weighted by molar-refractivity contribution is -0.384. The zero-order chi connectivity index (χ0) is 22.4. The zero-order valence-electron chi connectivity index (χ0n) is 16.5. The average Bonchev–Trinajstić information content (AvgIpc) is 2.76. The van der Waals surface area contributed by atoms with Crippen LogP contribution in [0.2, 0.25) is 0 Å². The number of nitro groups is 1. The summed E-state index contributed by atoms with van der Waals surface area (Å²) in [6, 6.07) is 14.6. The third-order valence-corrected chi connectivity index (χ3v) is 4.21. The second-order valence-corrected chi connectivity index (χ2v) is 6.36. The highest BCUT2D eigenvalue weighted by molar-refractivity contribution is 5.93. The molecule has 2 aromatic carbocycles. The van der Waals surface area contributed by atoms with E-state index in [0.717, 1.165) is 4.68 Å². The van der Waals surface area contributed by atoms with Crippen molar-refractivity contribution >= 4 is 23.3 Å². The lowest BCUT2D eigenvalue weighted by atomic mass is 10.1. The van der Waals surface area contributed by atoms with Gasteiger partial charge in [0.25, 0.3) is 11.2 Å². The van der Waals surface area contributed by atoms with E-state index < -0.39 is 22.4 Å². The third kappa shape index (κ3) is 5.38. The van der Waals surface area contributed by atoms with Crippen LogP contribution in [0.5, 0.6) is 0 Å². The molecule has 1 N–H and O–H groups in total. The van der Waals surface area contributed by atoms with E-state index in [0.29, 0.717) is 22.5 Å². The summed E-state index contributed by atoms with van der Waals surface area (Å²) < 4.78 is 5.90. The van der Waals surface area contributed by atoms with Gasteiger partial charge in [0.2, 0.25) is 5.91 Å². The number of ether oxygens (including phenoxy) is 1. The number of aromatic nitrogens is 2. The molecule has 31 heavy (non-hydrogen) atoms. The third-order valence-electron chi connectivity index (χ3n) is 4.21. The number of carbonyl (C=O) groups is 2. The van der Waals surface area contributed by atoms with Crippen molar-refractivity contribution in [2.45, 2.75) is 13.5 Å². The maximum absolute atomic E-state index is 12.3. The van der Waals surface area contributed by atoms with E-state index in [2.05, 4.69) is 10.4 Å². The molecule has 0 aliphatic carbocycles. The van der Waals surface area contributed by atoms with Gasteiger partial charge in [-0.15, -0.1) is 0 Å². The van der Waals surface area contributed by atoms with Crippen LogP contribution < -0.4 is 10.9 Å². The molecule has 0 bridgehead atoms. The van der Waals surface area contributed by atoms with Gasteiger partial charge in [0.1, 0.15) is 6.54 Å². The SMILES string of the molecule is CCOC(=O)c1ccc(NC(=O)Cn2nc(-c3ccc([N+](=O)[O-])cc3)ccc2=O)cc1. The molecule has 0 aliphatic rings. The van der Waals surface area contributed by atoms with Crippen molar-refractivity contribution in [3.63, 3.8) is 0 Å². The first-order valence-corrected chi connectivity index (χ1v) is 9.27. The Morgan fingerprint density at radius 2 is 1.74 bits per heavy atom. The van der Waals surface area contributed by atoms with Gasteiger partial charge in [0.05, 0.1) is 22.8 Å². The number of anilines is 1. The van der Waals surface area contributed by atoms with E-state index in [9.17, 15) is 24.5 Å². The Labute approximate surface area is 176 Å². The van der Waals surface area contributed by atoms with E-state index in [1.54, 1.807) is 19.1 Å². The summed E-state index contributed by atoms with van der Waals surface area (Å²) in [5, 5.41) is 17.6. The zero-order valence-corrected chi connectivity index (χ0v) is 16.5. The maximum atomic E-state index is 12.3. The highest BCUT2D eigenvalue weighted by Crippen LogP contribution is 2.19. The number of hydrogen-bond donors (Lipinski definition) is 1. The van der Waals surface area contributed by atoms with Gasteiger partial charge < -0.3 is 10.1 Å². The molecule has 0 saturated carbocycles. The highest BCUT2D eigenvalue weighted by Gasteiger charge is 2.11. The van der Waals surface area contributed by atoms with Crippen LogP contribution in [0.3, 0.4) is 0 Å². The molecule has 3 rings (SSSR count). The number of nitro benzene ring substituents is 1. The standard InChI is InChI=1S/C21H18N4O6/c1-2-31-21(28)15-3-7-16(8-4-15)22-19(26)13-24-20(27)12-11-18(23-24)14-5-9-17(10-6-14)25(29)30/h3-12H,2,13H2,1H3,(H,22,26). The smallest absolute Gasteiger partial charge is 0.338 e. The van der Waals surface area contributed by atoms with Crippen LogP contribution in [0.4, 0.5) is 11.4 Å². The van der Waals surface area contributed by atoms with Crippen LogP contribution in [0.1, 0.15) is 17.3 Å². The van der Waals surface area contributed by atoms with Crippen molar-refractivity contribution in [1.82, 2.24) is 9.78 Å². The fourth-order valence-electron chi connectivity index (χ4n) is 2.71. The number of rotatable bonds is 7. The minimum Gasteiger partial charge on any atom is -0.462 e. The molecule has 158 valence electrons. The van der Waals surface area contributed by atoms with Gasteiger partial charge >= 0.3 is 5.97 Å². The minimum absolute atomic E-state index is 0.0644. The number of benzene rings is 2. The van der Waals surface area contributed by atoms with Gasteiger partial charge in [-0.3, -0.25) is 19.7 Å². The Hall–Kier alpha value is -4.34. The predicted molar refractivity (Wildman–Crippen MR) is 112 cm³/mol. The van der Waals surface area contributed by atoms with Crippen LogP contribution in [0.15, 0.2) is 65.5 Å². The first-order valence-electron chi connectivity index (χ1n) is 9.27. The molecule has 1 aromatic heterocycles. The van der Waals surface area contributed by atoms with Crippen LogP contribution in [-0.2, 0) is 16.1 Å². The molecule has 1 heterocycles. The molecule has 0 radical (unpaired) electrons. The molecule has 0 fully saturated rings. The van der Waals surface area contributed by atoms with Crippen molar-refractivity contribution < 1.29 is 19.2 Å². The summed E-state index contributed by atoms with van der Waals surface area (Å²) in [5.41, 5.74) is 1.21. The first-order chi connectivity index (χ1) is 14.9. The average molecular weight is 422 g/mol. The number of non-ortho nitro benzene ring substituents is 1. The molecule has 10 nitrogen and oxygen atoms in total. The number of hydrogen-bond acceptors (Lipinski definition) is 7. The Bertz CT molecular complexity index is 1170. The lowest BCUT2D eigenvalue weighted by Gasteiger charge is -2.09. The molecule has 0 aliphatic heterocycles. The van der Waals surface area contributed by atoms with E-state index >= 15 is 0 Å². The van der Waals surface area contributed by atoms with E-state index in [-0.39, 0.29) is 18.8 Å². The van der Waals surface area contributed by atoms with Gasteiger partial charge in [-0.1, -0.05) is 0 Å². The van der Waals surface area contributed by atoms with Gasteiger partial charge in [0.15, 0.2) is 0 Å². The van der Waals surface area contributed by atoms with Gasteiger partial charge in [-0.2, -0.15) is 5.10 Å². The highest BCUT2D eigenvalue weighted by atomic mass is 16.6. The summed E-state index contributed by atoms with van der Waals surface area (Å²) >= 11 is 0. The topological polar surface area (TPSA) is 133 Å². The van der Waals surface area contributed by atoms with Crippen LogP contribution in [0.25, 0.3) is 11.3 Å². The number of nitrogens with zero attached hydrogens (tertiary/aromatic N) is 3. The number of esters is 1. The van der Waals surface area contributed by atoms with Gasteiger partial charge in [-0.05, 0) is 49.4 Å². The van der Waals surface area contributed by atoms with E-state index in [4.69, 9.17) is 4.74 Å². The molecule has 1 amide bonds. The van der Waals surface area contributed by atoms with Gasteiger partial charge in [0, 0.05) is 29.4 Å².